The van der Waals surface area contributed by atoms with Crippen molar-refractivity contribution in [2.75, 3.05) is 30.9 Å². The van der Waals surface area contributed by atoms with Crippen molar-refractivity contribution < 1.29 is 18.7 Å². The number of nitrogens with zero attached hydrogens (tertiary/aromatic N) is 3. The van der Waals surface area contributed by atoms with Crippen molar-refractivity contribution in [3.05, 3.63) is 78.5 Å². The average molecular weight is 489 g/mol. The Kier molecular flexibility index (Phi) is 6.45. The van der Waals surface area contributed by atoms with Gasteiger partial charge in [0.25, 0.3) is 0 Å². The average Bonchev–Trinajstić information content (AvgIpc) is 3.35. The summed E-state index contributed by atoms with van der Waals surface area (Å²) in [5.74, 6) is 0.320. The molecule has 5 rings (SSSR count). The molecule has 36 heavy (non-hydrogen) atoms. The first-order chi connectivity index (χ1) is 17.4. The SMILES string of the molecule is CNc1nccc(-c2[nH]c(C3OCC(C)(C(=O)Nc4ccccc4)CO3)nc2-c2ccc(F)cc2)n1. The number of ether oxygens (including phenoxy) is 2. The molecule has 3 heterocycles. The normalized spacial score (nSPS) is 19.6. The number of halogens is 1. The molecule has 1 saturated heterocycles. The summed E-state index contributed by atoms with van der Waals surface area (Å²) in [6, 6.07) is 17.0. The number of anilines is 2. The minimum absolute atomic E-state index is 0.135. The second-order valence-electron chi connectivity index (χ2n) is 8.70. The van der Waals surface area contributed by atoms with Gasteiger partial charge >= 0.3 is 0 Å². The fraction of sp³-hybridized carbons (Fsp3) is 0.231. The lowest BCUT2D eigenvalue weighted by atomic mass is 9.91. The zero-order valence-electron chi connectivity index (χ0n) is 19.8. The van der Waals surface area contributed by atoms with Gasteiger partial charge in [-0.3, -0.25) is 4.79 Å². The van der Waals surface area contributed by atoms with E-state index in [-0.39, 0.29) is 24.9 Å². The number of carbonyl (C=O) groups is 1. The largest absolute Gasteiger partial charge is 0.357 e. The molecule has 1 aliphatic heterocycles. The molecule has 2 aromatic heterocycles. The van der Waals surface area contributed by atoms with Crippen LogP contribution in [-0.2, 0) is 14.3 Å². The summed E-state index contributed by atoms with van der Waals surface area (Å²) in [6.45, 7) is 2.06. The van der Waals surface area contributed by atoms with Crippen molar-refractivity contribution >= 4 is 17.5 Å². The highest BCUT2D eigenvalue weighted by Gasteiger charge is 2.41. The smallest absolute Gasteiger partial charge is 0.234 e. The van der Waals surface area contributed by atoms with E-state index in [0.29, 0.717) is 40.1 Å². The monoisotopic (exact) mass is 488 g/mol. The van der Waals surface area contributed by atoms with E-state index in [0.717, 1.165) is 0 Å². The summed E-state index contributed by atoms with van der Waals surface area (Å²) in [5.41, 5.74) is 2.29. The molecule has 0 radical (unpaired) electrons. The Morgan fingerprint density at radius 3 is 2.47 bits per heavy atom. The van der Waals surface area contributed by atoms with Crippen molar-refractivity contribution in [3.8, 4) is 22.6 Å². The van der Waals surface area contributed by atoms with Crippen LogP contribution in [0, 0.1) is 11.2 Å². The highest BCUT2D eigenvalue weighted by Crippen LogP contribution is 2.36. The zero-order chi connectivity index (χ0) is 25.1. The van der Waals surface area contributed by atoms with E-state index in [1.165, 1.54) is 12.1 Å². The Labute approximate surface area is 207 Å². The van der Waals surface area contributed by atoms with Crippen LogP contribution < -0.4 is 10.6 Å². The first kappa shape index (κ1) is 23.6. The molecule has 184 valence electrons. The van der Waals surface area contributed by atoms with Crippen LogP contribution in [-0.4, -0.2) is 46.1 Å². The number of aromatic amines is 1. The number of imidazole rings is 1. The van der Waals surface area contributed by atoms with Gasteiger partial charge in [0.2, 0.25) is 18.1 Å². The maximum Gasteiger partial charge on any atom is 0.234 e. The second kappa shape index (κ2) is 9.84. The molecule has 1 fully saturated rings. The predicted octanol–water partition coefficient (Wildman–Crippen LogP) is 4.40. The van der Waals surface area contributed by atoms with Gasteiger partial charge in [-0.05, 0) is 49.4 Å². The van der Waals surface area contributed by atoms with Crippen LogP contribution in [0.1, 0.15) is 19.0 Å². The third-order valence-electron chi connectivity index (χ3n) is 5.88. The van der Waals surface area contributed by atoms with Crippen LogP contribution in [0.5, 0.6) is 0 Å². The van der Waals surface area contributed by atoms with Crippen LogP contribution in [0.3, 0.4) is 0 Å². The molecule has 4 aromatic rings. The van der Waals surface area contributed by atoms with Crippen LogP contribution in [0.2, 0.25) is 0 Å². The highest BCUT2D eigenvalue weighted by molar-refractivity contribution is 5.95. The van der Waals surface area contributed by atoms with Crippen molar-refractivity contribution in [1.82, 2.24) is 19.9 Å². The number of carbonyl (C=O) groups excluding carboxylic acids is 1. The van der Waals surface area contributed by atoms with Crippen LogP contribution in [0.4, 0.5) is 16.0 Å². The number of rotatable bonds is 6. The lowest BCUT2D eigenvalue weighted by molar-refractivity contribution is -0.229. The Morgan fingerprint density at radius 1 is 1.06 bits per heavy atom. The van der Waals surface area contributed by atoms with Gasteiger partial charge in [0, 0.05) is 24.5 Å². The molecular formula is C26H25FN6O3. The Balaban J connectivity index is 1.40. The summed E-state index contributed by atoms with van der Waals surface area (Å²) in [4.78, 5) is 29.5. The number of hydrogen-bond donors (Lipinski definition) is 3. The molecule has 0 aliphatic carbocycles. The molecule has 2 aromatic carbocycles. The van der Waals surface area contributed by atoms with Crippen molar-refractivity contribution in [3.63, 3.8) is 0 Å². The maximum absolute atomic E-state index is 13.6. The van der Waals surface area contributed by atoms with Gasteiger partial charge in [0.05, 0.1) is 35.7 Å². The van der Waals surface area contributed by atoms with Gasteiger partial charge in [0.1, 0.15) is 5.82 Å². The number of H-pyrrole nitrogens is 1. The van der Waals surface area contributed by atoms with Crippen molar-refractivity contribution in [1.29, 1.82) is 0 Å². The molecular weight excluding hydrogens is 463 g/mol. The number of nitrogens with one attached hydrogen (secondary N) is 3. The topological polar surface area (TPSA) is 114 Å². The molecule has 0 saturated carbocycles. The molecule has 0 bridgehead atoms. The summed E-state index contributed by atoms with van der Waals surface area (Å²) < 4.78 is 25.5. The fourth-order valence-corrected chi connectivity index (χ4v) is 3.83. The van der Waals surface area contributed by atoms with E-state index in [4.69, 9.17) is 14.5 Å². The van der Waals surface area contributed by atoms with Crippen LogP contribution >= 0.6 is 0 Å². The molecule has 9 nitrogen and oxygen atoms in total. The van der Waals surface area contributed by atoms with E-state index in [1.54, 1.807) is 38.4 Å². The molecule has 1 amide bonds. The van der Waals surface area contributed by atoms with Crippen LogP contribution in [0.25, 0.3) is 22.6 Å². The Morgan fingerprint density at radius 2 is 1.78 bits per heavy atom. The third-order valence-corrected chi connectivity index (χ3v) is 5.88. The first-order valence-corrected chi connectivity index (χ1v) is 11.4. The molecule has 10 heteroatoms. The number of benzene rings is 2. The van der Waals surface area contributed by atoms with Gasteiger partial charge in [-0.15, -0.1) is 0 Å². The van der Waals surface area contributed by atoms with Gasteiger partial charge in [-0.2, -0.15) is 0 Å². The second-order valence-corrected chi connectivity index (χ2v) is 8.70. The molecule has 0 unspecified atom stereocenters. The lowest BCUT2D eigenvalue weighted by Crippen LogP contribution is -2.45. The van der Waals surface area contributed by atoms with E-state index in [9.17, 15) is 9.18 Å². The highest BCUT2D eigenvalue weighted by atomic mass is 19.1. The summed E-state index contributed by atoms with van der Waals surface area (Å²) in [5, 5.41) is 5.82. The first-order valence-electron chi connectivity index (χ1n) is 11.4. The van der Waals surface area contributed by atoms with Crippen molar-refractivity contribution in [2.24, 2.45) is 5.41 Å². The standard InChI is InChI=1S/C26H25FN6O3/c1-26(24(34)30-18-6-4-3-5-7-18)14-35-23(36-15-26)22-32-20(16-8-10-17(27)11-9-16)21(33-22)19-12-13-29-25(28-2)31-19/h3-13,23H,14-15H2,1-2H3,(H,30,34)(H,32,33)(H,28,29,31). The minimum atomic E-state index is -0.879. The number of para-hydroxylation sites is 1. The van der Waals surface area contributed by atoms with Gasteiger partial charge in [-0.25, -0.2) is 19.3 Å². The summed E-state index contributed by atoms with van der Waals surface area (Å²) >= 11 is 0. The number of aromatic nitrogens is 4. The zero-order valence-corrected chi connectivity index (χ0v) is 19.8. The van der Waals surface area contributed by atoms with Crippen LogP contribution in [0.15, 0.2) is 66.9 Å². The number of amides is 1. The predicted molar refractivity (Wildman–Crippen MR) is 132 cm³/mol. The van der Waals surface area contributed by atoms with Gasteiger partial charge in [0.15, 0.2) is 5.82 Å². The van der Waals surface area contributed by atoms with Gasteiger partial charge < -0.3 is 25.1 Å². The molecule has 3 N–H and O–H groups in total. The van der Waals surface area contributed by atoms with E-state index < -0.39 is 11.7 Å². The lowest BCUT2D eigenvalue weighted by Gasteiger charge is -2.35. The summed E-state index contributed by atoms with van der Waals surface area (Å²) in [7, 11) is 1.73. The Hall–Kier alpha value is -4.15. The molecule has 0 spiro atoms. The van der Waals surface area contributed by atoms with Gasteiger partial charge in [-0.1, -0.05) is 18.2 Å². The third kappa shape index (κ3) is 4.81. The molecule has 1 aliphatic rings. The minimum Gasteiger partial charge on any atom is -0.357 e. The summed E-state index contributed by atoms with van der Waals surface area (Å²) in [6.07, 6.45) is 0.814. The number of hydrogen-bond acceptors (Lipinski definition) is 7. The fourth-order valence-electron chi connectivity index (χ4n) is 3.83. The van der Waals surface area contributed by atoms with E-state index in [2.05, 4.69) is 25.6 Å². The van der Waals surface area contributed by atoms with E-state index >= 15 is 0 Å². The molecule has 0 atom stereocenters. The Bertz CT molecular complexity index is 1350. The van der Waals surface area contributed by atoms with Crippen molar-refractivity contribution in [2.45, 2.75) is 13.2 Å². The maximum atomic E-state index is 13.6. The van der Waals surface area contributed by atoms with E-state index in [1.807, 2.05) is 30.3 Å². The quantitative estimate of drug-likeness (QED) is 0.368.